The lowest BCUT2D eigenvalue weighted by Crippen LogP contribution is -2.48. The lowest BCUT2D eigenvalue weighted by molar-refractivity contribution is -0.284. The summed E-state index contributed by atoms with van der Waals surface area (Å²) in [7, 11) is 0. The van der Waals surface area contributed by atoms with E-state index in [1.165, 1.54) is 0 Å². The molecule has 0 aromatic carbocycles. The monoisotopic (exact) mass is 278 g/mol. The van der Waals surface area contributed by atoms with Crippen LogP contribution in [0.4, 0.5) is 22.0 Å². The van der Waals surface area contributed by atoms with E-state index in [-0.39, 0.29) is 19.5 Å². The molecule has 0 unspecified atom stereocenters. The summed E-state index contributed by atoms with van der Waals surface area (Å²) in [5.74, 6) is -8.26. The first kappa shape index (κ1) is 16.6. The second-order valence-corrected chi connectivity index (χ2v) is 3.94. The topological polar surface area (TPSA) is 52.6 Å². The molecule has 0 spiro atoms. The van der Waals surface area contributed by atoms with E-state index < -0.39 is 23.7 Å². The van der Waals surface area contributed by atoms with Gasteiger partial charge in [-0.05, 0) is 13.8 Å². The molecular formula is C9H11F5O4. The van der Waals surface area contributed by atoms with Crippen molar-refractivity contribution in [1.82, 2.24) is 0 Å². The van der Waals surface area contributed by atoms with Crippen LogP contribution in [-0.2, 0) is 19.1 Å². The standard InChI is InChI=1S/C9H11F5O4/c1-7(2,3-4-17-5-15)18-6(16)8(10,11)9(12,13)14/h5H,3-4H2,1-2H3. The molecule has 0 bridgehead atoms. The summed E-state index contributed by atoms with van der Waals surface area (Å²) in [5, 5.41) is 0. The van der Waals surface area contributed by atoms with Crippen molar-refractivity contribution >= 4 is 12.4 Å². The molecule has 0 aliphatic carbocycles. The van der Waals surface area contributed by atoms with Crippen molar-refractivity contribution in [3.05, 3.63) is 0 Å². The number of halogens is 5. The lowest BCUT2D eigenvalue weighted by atomic mass is 10.1. The highest BCUT2D eigenvalue weighted by Gasteiger charge is 2.65. The first-order chi connectivity index (χ1) is 7.94. The number of hydrogen-bond donors (Lipinski definition) is 0. The molecule has 0 aliphatic rings. The number of carbonyl (C=O) groups is 2. The Balaban J connectivity index is 4.60. The lowest BCUT2D eigenvalue weighted by Gasteiger charge is -2.27. The molecule has 0 radical (unpaired) electrons. The summed E-state index contributed by atoms with van der Waals surface area (Å²) in [4.78, 5) is 20.6. The van der Waals surface area contributed by atoms with Crippen molar-refractivity contribution < 1.29 is 41.0 Å². The van der Waals surface area contributed by atoms with Gasteiger partial charge in [-0.1, -0.05) is 0 Å². The Kier molecular flexibility index (Phi) is 5.06. The number of carbonyl (C=O) groups excluding carboxylic acids is 2. The van der Waals surface area contributed by atoms with Crippen LogP contribution in [0.3, 0.4) is 0 Å². The van der Waals surface area contributed by atoms with Gasteiger partial charge in [-0.25, -0.2) is 4.79 Å². The van der Waals surface area contributed by atoms with Crippen molar-refractivity contribution in [1.29, 1.82) is 0 Å². The Morgan fingerprint density at radius 2 is 1.67 bits per heavy atom. The minimum Gasteiger partial charge on any atom is -0.468 e. The van der Waals surface area contributed by atoms with Crippen LogP contribution in [0.2, 0.25) is 0 Å². The van der Waals surface area contributed by atoms with Crippen LogP contribution >= 0.6 is 0 Å². The summed E-state index contributed by atoms with van der Waals surface area (Å²) < 4.78 is 68.9. The highest BCUT2D eigenvalue weighted by Crippen LogP contribution is 2.37. The van der Waals surface area contributed by atoms with E-state index in [1.54, 1.807) is 0 Å². The largest absolute Gasteiger partial charge is 0.468 e. The second kappa shape index (κ2) is 5.49. The molecule has 0 aliphatic heterocycles. The third-order valence-electron chi connectivity index (χ3n) is 1.87. The van der Waals surface area contributed by atoms with Crippen molar-refractivity contribution in [3.63, 3.8) is 0 Å². The van der Waals surface area contributed by atoms with Crippen molar-refractivity contribution in [2.45, 2.75) is 38.0 Å². The summed E-state index contributed by atoms with van der Waals surface area (Å²) in [6.07, 6.45) is -6.23. The zero-order valence-corrected chi connectivity index (χ0v) is 9.51. The molecule has 4 nitrogen and oxygen atoms in total. The third kappa shape index (κ3) is 4.46. The minimum absolute atomic E-state index is 0.0716. The van der Waals surface area contributed by atoms with Gasteiger partial charge >= 0.3 is 18.1 Å². The number of ether oxygens (including phenoxy) is 2. The summed E-state index contributed by atoms with van der Waals surface area (Å²) in [6.45, 7) is 2.03. The molecule has 18 heavy (non-hydrogen) atoms. The van der Waals surface area contributed by atoms with Crippen LogP contribution in [0.5, 0.6) is 0 Å². The molecule has 0 fully saturated rings. The Morgan fingerprint density at radius 1 is 1.17 bits per heavy atom. The van der Waals surface area contributed by atoms with Gasteiger partial charge in [-0.3, -0.25) is 4.79 Å². The van der Waals surface area contributed by atoms with Gasteiger partial charge in [0.2, 0.25) is 0 Å². The van der Waals surface area contributed by atoms with Gasteiger partial charge in [0.05, 0.1) is 6.61 Å². The Labute approximate surface area is 99.0 Å². The molecular weight excluding hydrogens is 267 g/mol. The van der Waals surface area contributed by atoms with Crippen LogP contribution in [0.15, 0.2) is 0 Å². The molecule has 0 saturated carbocycles. The number of hydrogen-bond acceptors (Lipinski definition) is 4. The zero-order chi connectivity index (χ0) is 14.6. The first-order valence-electron chi connectivity index (χ1n) is 4.67. The molecule has 0 N–H and O–H groups in total. The maximum absolute atomic E-state index is 12.6. The zero-order valence-electron chi connectivity index (χ0n) is 9.51. The van der Waals surface area contributed by atoms with E-state index in [2.05, 4.69) is 9.47 Å². The van der Waals surface area contributed by atoms with Gasteiger partial charge in [0, 0.05) is 6.42 Å². The van der Waals surface area contributed by atoms with Crippen LogP contribution < -0.4 is 0 Å². The molecule has 0 aromatic heterocycles. The van der Waals surface area contributed by atoms with E-state index in [0.717, 1.165) is 13.8 Å². The second-order valence-electron chi connectivity index (χ2n) is 3.94. The van der Waals surface area contributed by atoms with E-state index >= 15 is 0 Å². The average molecular weight is 278 g/mol. The predicted molar refractivity (Wildman–Crippen MR) is 47.8 cm³/mol. The molecule has 0 aromatic rings. The maximum atomic E-state index is 12.6. The first-order valence-corrected chi connectivity index (χ1v) is 4.67. The van der Waals surface area contributed by atoms with Gasteiger partial charge in [0.1, 0.15) is 5.60 Å². The molecule has 0 amide bonds. The normalized spacial score (nSPS) is 13.1. The van der Waals surface area contributed by atoms with Gasteiger partial charge in [-0.2, -0.15) is 22.0 Å². The summed E-state index contributed by atoms with van der Waals surface area (Å²) in [6, 6.07) is 0. The molecule has 0 heterocycles. The summed E-state index contributed by atoms with van der Waals surface area (Å²) >= 11 is 0. The van der Waals surface area contributed by atoms with Gasteiger partial charge < -0.3 is 9.47 Å². The molecule has 0 atom stereocenters. The maximum Gasteiger partial charge on any atom is 0.465 e. The van der Waals surface area contributed by atoms with E-state index in [9.17, 15) is 31.5 Å². The SMILES string of the molecule is CC(C)(CCOC=O)OC(=O)C(F)(F)C(F)(F)F. The van der Waals surface area contributed by atoms with Crippen LogP contribution in [0.25, 0.3) is 0 Å². The van der Waals surface area contributed by atoms with Gasteiger partial charge in [0.25, 0.3) is 6.47 Å². The fraction of sp³-hybridized carbons (Fsp3) is 0.778. The van der Waals surface area contributed by atoms with Gasteiger partial charge in [-0.15, -0.1) is 0 Å². The van der Waals surface area contributed by atoms with Crippen LogP contribution in [0.1, 0.15) is 20.3 Å². The van der Waals surface area contributed by atoms with Gasteiger partial charge in [0.15, 0.2) is 0 Å². The molecule has 0 saturated heterocycles. The fourth-order valence-corrected chi connectivity index (χ4v) is 0.835. The third-order valence-corrected chi connectivity index (χ3v) is 1.87. The quantitative estimate of drug-likeness (QED) is 0.323. The van der Waals surface area contributed by atoms with E-state index in [4.69, 9.17) is 0 Å². The molecule has 106 valence electrons. The Bertz CT molecular complexity index is 311. The Hall–Kier alpha value is -1.41. The molecule has 9 heteroatoms. The highest BCUT2D eigenvalue weighted by molar-refractivity contribution is 5.79. The number of esters is 1. The summed E-state index contributed by atoms with van der Waals surface area (Å²) in [5.41, 5.74) is -1.62. The fourth-order valence-electron chi connectivity index (χ4n) is 0.835. The Morgan fingerprint density at radius 3 is 2.06 bits per heavy atom. The predicted octanol–water partition coefficient (Wildman–Crippen LogP) is 2.07. The smallest absolute Gasteiger partial charge is 0.465 e. The van der Waals surface area contributed by atoms with Crippen LogP contribution in [0, 0.1) is 0 Å². The average Bonchev–Trinajstić information content (AvgIpc) is 2.15. The number of rotatable bonds is 6. The number of alkyl halides is 5. The van der Waals surface area contributed by atoms with Crippen LogP contribution in [-0.4, -0.2) is 36.7 Å². The highest BCUT2D eigenvalue weighted by atomic mass is 19.4. The van der Waals surface area contributed by atoms with Crippen molar-refractivity contribution in [2.24, 2.45) is 0 Å². The molecule has 0 rings (SSSR count). The van der Waals surface area contributed by atoms with Crippen molar-refractivity contribution in [2.75, 3.05) is 6.61 Å². The van der Waals surface area contributed by atoms with E-state index in [1.807, 2.05) is 0 Å². The van der Waals surface area contributed by atoms with E-state index in [0.29, 0.717) is 0 Å². The van der Waals surface area contributed by atoms with Crippen molar-refractivity contribution in [3.8, 4) is 0 Å². The minimum atomic E-state index is -6.01.